The fourth-order valence-electron chi connectivity index (χ4n) is 2.29. The van der Waals surface area contributed by atoms with E-state index < -0.39 is 0 Å². The van der Waals surface area contributed by atoms with Crippen molar-refractivity contribution in [3.05, 3.63) is 29.3 Å². The molecule has 0 aliphatic carbocycles. The summed E-state index contributed by atoms with van der Waals surface area (Å²) in [6.07, 6.45) is 7.66. The fraction of sp³-hybridized carbons (Fsp3) is 0.529. The normalized spacial score (nSPS) is 10.8. The molecule has 1 amide bonds. The monoisotopic (exact) mass is 320 g/mol. The summed E-state index contributed by atoms with van der Waals surface area (Å²) in [7, 11) is 0. The minimum absolute atomic E-state index is 0.0135. The van der Waals surface area contributed by atoms with Gasteiger partial charge in [0.15, 0.2) is 5.76 Å². The van der Waals surface area contributed by atoms with E-state index in [1.807, 2.05) is 23.6 Å². The van der Waals surface area contributed by atoms with Crippen molar-refractivity contribution in [3.63, 3.8) is 0 Å². The summed E-state index contributed by atoms with van der Waals surface area (Å²) >= 11 is 1.60. The Balaban J connectivity index is 1.63. The number of hydrogen-bond acceptors (Lipinski definition) is 4. The zero-order valence-corrected chi connectivity index (χ0v) is 14.0. The van der Waals surface area contributed by atoms with Crippen LogP contribution in [0.15, 0.2) is 28.1 Å². The number of amides is 1. The molecule has 0 spiro atoms. The van der Waals surface area contributed by atoms with E-state index in [0.717, 1.165) is 23.6 Å². The number of hydrogen-bond donors (Lipinski definition) is 1. The largest absolute Gasteiger partial charge is 0.356 e. The van der Waals surface area contributed by atoms with Crippen LogP contribution < -0.4 is 5.32 Å². The Morgan fingerprint density at radius 2 is 2.09 bits per heavy atom. The van der Waals surface area contributed by atoms with E-state index in [0.29, 0.717) is 5.69 Å². The molecule has 0 unspecified atom stereocenters. The van der Waals surface area contributed by atoms with E-state index in [-0.39, 0.29) is 12.3 Å². The zero-order chi connectivity index (χ0) is 15.6. The van der Waals surface area contributed by atoms with Gasteiger partial charge in [-0.05, 0) is 17.9 Å². The van der Waals surface area contributed by atoms with E-state index in [1.54, 1.807) is 11.3 Å². The summed E-state index contributed by atoms with van der Waals surface area (Å²) in [4.78, 5) is 12.9. The van der Waals surface area contributed by atoms with Crippen LogP contribution in [-0.4, -0.2) is 17.6 Å². The molecule has 2 aromatic rings. The van der Waals surface area contributed by atoms with Gasteiger partial charge in [0.25, 0.3) is 0 Å². The Hall–Kier alpha value is -1.62. The lowest BCUT2D eigenvalue weighted by Crippen LogP contribution is -2.26. The molecular weight excluding hydrogens is 296 g/mol. The maximum Gasteiger partial charge on any atom is 0.226 e. The third-order valence-electron chi connectivity index (χ3n) is 3.52. The third-order valence-corrected chi connectivity index (χ3v) is 4.40. The summed E-state index contributed by atoms with van der Waals surface area (Å²) < 4.78 is 5.27. The Morgan fingerprint density at radius 1 is 1.27 bits per heavy atom. The predicted octanol–water partition coefficient (Wildman–Crippen LogP) is 4.42. The zero-order valence-electron chi connectivity index (χ0n) is 13.1. The second-order valence-electron chi connectivity index (χ2n) is 5.45. The molecule has 2 rings (SSSR count). The molecule has 120 valence electrons. The van der Waals surface area contributed by atoms with Crippen LogP contribution in [0.2, 0.25) is 0 Å². The van der Waals surface area contributed by atoms with Gasteiger partial charge >= 0.3 is 0 Å². The second kappa shape index (κ2) is 9.41. The molecule has 1 N–H and O–H groups in total. The summed E-state index contributed by atoms with van der Waals surface area (Å²) in [6, 6.07) is 5.79. The number of rotatable bonds is 10. The average Bonchev–Trinajstić information content (AvgIpc) is 3.17. The Bertz CT molecular complexity index is 549. The number of aromatic nitrogens is 1. The molecule has 0 aliphatic rings. The molecule has 22 heavy (non-hydrogen) atoms. The summed E-state index contributed by atoms with van der Waals surface area (Å²) in [5, 5.41) is 8.90. The number of thiophene rings is 1. The molecule has 0 atom stereocenters. The van der Waals surface area contributed by atoms with Gasteiger partial charge in [0.1, 0.15) is 0 Å². The quantitative estimate of drug-likeness (QED) is 0.659. The lowest BCUT2D eigenvalue weighted by Gasteiger charge is -2.03. The van der Waals surface area contributed by atoms with Gasteiger partial charge in [-0.15, -0.1) is 11.3 Å². The molecule has 0 fully saturated rings. The number of nitrogens with one attached hydrogen (secondary N) is 1. The first-order valence-corrected chi connectivity index (χ1v) is 8.93. The molecular formula is C17H24N2O2S. The molecule has 5 heteroatoms. The first-order valence-electron chi connectivity index (χ1n) is 8.05. The van der Waals surface area contributed by atoms with Crippen LogP contribution in [-0.2, 0) is 11.2 Å². The van der Waals surface area contributed by atoms with Gasteiger partial charge in [-0.1, -0.05) is 50.3 Å². The van der Waals surface area contributed by atoms with E-state index in [2.05, 4.69) is 17.4 Å². The highest BCUT2D eigenvalue weighted by atomic mass is 32.1. The smallest absolute Gasteiger partial charge is 0.226 e. The van der Waals surface area contributed by atoms with Crippen LogP contribution in [0.1, 0.15) is 51.1 Å². The molecule has 0 aromatic carbocycles. The highest BCUT2D eigenvalue weighted by Crippen LogP contribution is 2.25. The van der Waals surface area contributed by atoms with E-state index >= 15 is 0 Å². The van der Waals surface area contributed by atoms with Gasteiger partial charge in [0, 0.05) is 12.6 Å². The summed E-state index contributed by atoms with van der Waals surface area (Å²) in [5.41, 5.74) is 0.684. The Kier molecular flexibility index (Phi) is 7.16. The topological polar surface area (TPSA) is 55.1 Å². The number of nitrogens with zero attached hydrogens (tertiary/aromatic N) is 1. The molecule has 0 radical (unpaired) electrons. The first-order chi connectivity index (χ1) is 10.8. The van der Waals surface area contributed by atoms with Crippen molar-refractivity contribution >= 4 is 17.2 Å². The maximum absolute atomic E-state index is 11.9. The predicted molar refractivity (Wildman–Crippen MR) is 89.9 cm³/mol. The molecule has 4 nitrogen and oxygen atoms in total. The highest BCUT2D eigenvalue weighted by molar-refractivity contribution is 7.13. The Labute approximate surface area is 135 Å². The number of carbonyl (C=O) groups excluding carboxylic acids is 1. The minimum atomic E-state index is 0.0135. The molecule has 0 saturated heterocycles. The van der Waals surface area contributed by atoms with Gasteiger partial charge in [-0.25, -0.2) is 0 Å². The van der Waals surface area contributed by atoms with Gasteiger partial charge in [0.2, 0.25) is 5.91 Å². The standard InChI is InChI=1S/C17H24N2O2S/c1-2-3-4-5-6-7-10-18-17(20)13-14-12-15(21-19-14)16-9-8-11-22-16/h8-9,11-12H,2-7,10,13H2,1H3,(H,18,20). The van der Waals surface area contributed by atoms with Crippen LogP contribution >= 0.6 is 11.3 Å². The second-order valence-corrected chi connectivity index (χ2v) is 6.40. The van der Waals surface area contributed by atoms with Crippen LogP contribution in [0.25, 0.3) is 10.6 Å². The van der Waals surface area contributed by atoms with Crippen molar-refractivity contribution in [3.8, 4) is 10.6 Å². The number of carbonyl (C=O) groups is 1. The summed E-state index contributed by atoms with van der Waals surface area (Å²) in [5.74, 6) is 0.744. The number of unbranched alkanes of at least 4 members (excludes halogenated alkanes) is 5. The lowest BCUT2D eigenvalue weighted by molar-refractivity contribution is -0.120. The maximum atomic E-state index is 11.9. The van der Waals surface area contributed by atoms with Crippen LogP contribution in [0.3, 0.4) is 0 Å². The van der Waals surface area contributed by atoms with Crippen molar-refractivity contribution in [2.75, 3.05) is 6.54 Å². The SMILES string of the molecule is CCCCCCCCNC(=O)Cc1cc(-c2cccs2)on1. The van der Waals surface area contributed by atoms with Crippen LogP contribution in [0.5, 0.6) is 0 Å². The van der Waals surface area contributed by atoms with Crippen molar-refractivity contribution in [1.82, 2.24) is 10.5 Å². The minimum Gasteiger partial charge on any atom is -0.356 e. The van der Waals surface area contributed by atoms with Crippen LogP contribution in [0, 0.1) is 0 Å². The molecule has 0 saturated carbocycles. The van der Waals surface area contributed by atoms with Crippen LogP contribution in [0.4, 0.5) is 0 Å². The van der Waals surface area contributed by atoms with Gasteiger partial charge < -0.3 is 9.84 Å². The Morgan fingerprint density at radius 3 is 2.86 bits per heavy atom. The lowest BCUT2D eigenvalue weighted by atomic mass is 10.1. The molecule has 0 bridgehead atoms. The molecule has 0 aliphatic heterocycles. The summed E-state index contributed by atoms with van der Waals surface area (Å²) in [6.45, 7) is 2.97. The molecule has 2 heterocycles. The van der Waals surface area contributed by atoms with E-state index in [9.17, 15) is 4.79 Å². The highest BCUT2D eigenvalue weighted by Gasteiger charge is 2.10. The van der Waals surface area contributed by atoms with Gasteiger partial charge in [-0.3, -0.25) is 4.79 Å². The molecule has 2 aromatic heterocycles. The van der Waals surface area contributed by atoms with Crippen molar-refractivity contribution in [1.29, 1.82) is 0 Å². The van der Waals surface area contributed by atoms with Crippen molar-refractivity contribution < 1.29 is 9.32 Å². The van der Waals surface area contributed by atoms with E-state index in [1.165, 1.54) is 32.1 Å². The third kappa shape index (κ3) is 5.64. The van der Waals surface area contributed by atoms with Crippen molar-refractivity contribution in [2.24, 2.45) is 0 Å². The fourth-order valence-corrected chi connectivity index (χ4v) is 2.96. The van der Waals surface area contributed by atoms with Crippen molar-refractivity contribution in [2.45, 2.75) is 51.9 Å². The van der Waals surface area contributed by atoms with Gasteiger partial charge in [-0.2, -0.15) is 0 Å². The average molecular weight is 320 g/mol. The van der Waals surface area contributed by atoms with E-state index in [4.69, 9.17) is 4.52 Å². The first kappa shape index (κ1) is 16.7. The van der Waals surface area contributed by atoms with Gasteiger partial charge in [0.05, 0.1) is 17.0 Å².